The Bertz CT molecular complexity index is 449. The maximum Gasteiger partial charge on any atom is 0.320 e. The summed E-state index contributed by atoms with van der Waals surface area (Å²) in [5, 5.41) is 9.46. The predicted molar refractivity (Wildman–Crippen MR) is 76.5 cm³/mol. The first-order valence-electron chi connectivity index (χ1n) is 7.71. The summed E-state index contributed by atoms with van der Waals surface area (Å²) in [6.07, 6.45) is 2.51. The second kappa shape index (κ2) is 6.13. The number of piperidine rings is 1. The summed E-state index contributed by atoms with van der Waals surface area (Å²) in [6.45, 7) is 6.24. The molecule has 2 aliphatic rings. The highest BCUT2D eigenvalue weighted by molar-refractivity contribution is 6.06. The molecule has 6 heteroatoms. The molecular formula is C15H24N2O4. The number of aliphatic carboxylic acids is 1. The molecule has 2 amide bonds. The van der Waals surface area contributed by atoms with Crippen LogP contribution < -0.4 is 0 Å². The van der Waals surface area contributed by atoms with E-state index >= 15 is 0 Å². The molecule has 2 heterocycles. The molecule has 0 aromatic rings. The molecule has 3 atom stereocenters. The van der Waals surface area contributed by atoms with Gasteiger partial charge in [0.2, 0.25) is 11.8 Å². The Morgan fingerprint density at radius 1 is 1.38 bits per heavy atom. The Labute approximate surface area is 125 Å². The third-order valence-corrected chi connectivity index (χ3v) is 4.69. The van der Waals surface area contributed by atoms with E-state index < -0.39 is 18.1 Å². The Kier molecular flexibility index (Phi) is 4.66. The summed E-state index contributed by atoms with van der Waals surface area (Å²) in [6, 6.07) is -1.43. The molecule has 21 heavy (non-hydrogen) atoms. The van der Waals surface area contributed by atoms with Gasteiger partial charge in [0.15, 0.2) is 0 Å². The molecule has 2 saturated heterocycles. The van der Waals surface area contributed by atoms with Crippen molar-refractivity contribution in [1.29, 1.82) is 0 Å². The topological polar surface area (TPSA) is 77.9 Å². The van der Waals surface area contributed by atoms with Gasteiger partial charge in [-0.15, -0.1) is 0 Å². The molecule has 0 spiro atoms. The van der Waals surface area contributed by atoms with Crippen molar-refractivity contribution in [3.05, 3.63) is 0 Å². The molecule has 2 aliphatic heterocycles. The molecule has 118 valence electrons. The van der Waals surface area contributed by atoms with E-state index in [9.17, 15) is 19.5 Å². The van der Waals surface area contributed by atoms with Crippen LogP contribution in [0.2, 0.25) is 0 Å². The summed E-state index contributed by atoms with van der Waals surface area (Å²) in [5.41, 5.74) is 0. The molecule has 0 radical (unpaired) electrons. The van der Waals surface area contributed by atoms with Crippen molar-refractivity contribution >= 4 is 17.8 Å². The van der Waals surface area contributed by atoms with Gasteiger partial charge in [-0.1, -0.05) is 13.3 Å². The van der Waals surface area contributed by atoms with E-state index in [4.69, 9.17) is 0 Å². The molecule has 2 fully saturated rings. The molecule has 3 unspecified atom stereocenters. The van der Waals surface area contributed by atoms with E-state index in [1.807, 2.05) is 0 Å². The van der Waals surface area contributed by atoms with Gasteiger partial charge in [0.05, 0.1) is 12.5 Å². The van der Waals surface area contributed by atoms with Crippen LogP contribution in [0.15, 0.2) is 0 Å². The minimum absolute atomic E-state index is 0.109. The number of hydrogen-bond donors (Lipinski definition) is 1. The first-order chi connectivity index (χ1) is 9.86. The average Bonchev–Trinajstić information content (AvgIpc) is 2.73. The van der Waals surface area contributed by atoms with Crippen molar-refractivity contribution in [3.8, 4) is 0 Å². The van der Waals surface area contributed by atoms with Crippen LogP contribution in [-0.4, -0.2) is 57.4 Å². The Balaban J connectivity index is 2.18. The van der Waals surface area contributed by atoms with E-state index in [1.54, 1.807) is 18.7 Å². The van der Waals surface area contributed by atoms with E-state index in [0.717, 1.165) is 12.8 Å². The Hall–Kier alpha value is -1.43. The molecule has 0 saturated carbocycles. The fourth-order valence-electron chi connectivity index (χ4n) is 3.48. The van der Waals surface area contributed by atoms with Crippen molar-refractivity contribution in [2.24, 2.45) is 5.92 Å². The maximum absolute atomic E-state index is 12.4. The van der Waals surface area contributed by atoms with Gasteiger partial charge in [-0.3, -0.25) is 24.2 Å². The summed E-state index contributed by atoms with van der Waals surface area (Å²) in [4.78, 5) is 39.0. The number of amides is 2. The molecular weight excluding hydrogens is 272 g/mol. The molecule has 0 aromatic carbocycles. The van der Waals surface area contributed by atoms with E-state index in [0.29, 0.717) is 18.9 Å². The summed E-state index contributed by atoms with van der Waals surface area (Å²) in [7, 11) is 0. The van der Waals surface area contributed by atoms with Crippen LogP contribution in [0, 0.1) is 5.92 Å². The van der Waals surface area contributed by atoms with Crippen LogP contribution in [-0.2, 0) is 14.4 Å². The van der Waals surface area contributed by atoms with Crippen LogP contribution in [0.4, 0.5) is 0 Å². The van der Waals surface area contributed by atoms with Crippen molar-refractivity contribution in [2.75, 3.05) is 6.54 Å². The lowest BCUT2D eigenvalue weighted by Gasteiger charge is -2.39. The number of carbonyl (C=O) groups is 3. The standard InChI is InChI=1S/C15H24N2O4/c1-4-10-5-6-16(12(7-10)15(20)21)11-8-13(18)17(9(2)3)14(11)19/h9-12H,4-8H2,1-3H3,(H,20,21). The third-order valence-electron chi connectivity index (χ3n) is 4.69. The first kappa shape index (κ1) is 15.9. The Morgan fingerprint density at radius 2 is 2.05 bits per heavy atom. The van der Waals surface area contributed by atoms with Crippen LogP contribution in [0.3, 0.4) is 0 Å². The fourth-order valence-corrected chi connectivity index (χ4v) is 3.48. The number of imide groups is 1. The quantitative estimate of drug-likeness (QED) is 0.786. The van der Waals surface area contributed by atoms with Crippen LogP contribution in [0.5, 0.6) is 0 Å². The van der Waals surface area contributed by atoms with Crippen molar-refractivity contribution in [2.45, 2.75) is 64.6 Å². The number of rotatable bonds is 4. The molecule has 1 N–H and O–H groups in total. The molecule has 0 bridgehead atoms. The lowest BCUT2D eigenvalue weighted by Crippen LogP contribution is -2.54. The van der Waals surface area contributed by atoms with Gasteiger partial charge in [0.25, 0.3) is 0 Å². The Morgan fingerprint density at radius 3 is 2.52 bits per heavy atom. The first-order valence-corrected chi connectivity index (χ1v) is 7.71. The maximum atomic E-state index is 12.4. The highest BCUT2D eigenvalue weighted by Gasteiger charge is 2.47. The van der Waals surface area contributed by atoms with E-state index in [2.05, 4.69) is 6.92 Å². The number of carboxylic acid groups (broad SMARTS) is 1. The smallest absolute Gasteiger partial charge is 0.320 e. The number of carboxylic acids is 1. The number of hydrogen-bond acceptors (Lipinski definition) is 4. The van der Waals surface area contributed by atoms with Gasteiger partial charge in [0, 0.05) is 12.6 Å². The van der Waals surface area contributed by atoms with Gasteiger partial charge in [-0.2, -0.15) is 0 Å². The molecule has 6 nitrogen and oxygen atoms in total. The van der Waals surface area contributed by atoms with Crippen molar-refractivity contribution < 1.29 is 19.5 Å². The highest BCUT2D eigenvalue weighted by atomic mass is 16.4. The molecule has 0 aliphatic carbocycles. The normalized spacial score (nSPS) is 31.2. The monoisotopic (exact) mass is 296 g/mol. The SMILES string of the molecule is CCC1CCN(C2CC(=O)N(C(C)C)C2=O)C(C(=O)O)C1. The lowest BCUT2D eigenvalue weighted by atomic mass is 9.87. The molecule has 2 rings (SSSR count). The molecule has 0 aromatic heterocycles. The van der Waals surface area contributed by atoms with Gasteiger partial charge in [0.1, 0.15) is 6.04 Å². The average molecular weight is 296 g/mol. The zero-order valence-electron chi connectivity index (χ0n) is 12.9. The van der Waals surface area contributed by atoms with Gasteiger partial charge in [-0.05, 0) is 32.6 Å². The van der Waals surface area contributed by atoms with Crippen molar-refractivity contribution in [1.82, 2.24) is 9.80 Å². The van der Waals surface area contributed by atoms with Crippen LogP contribution >= 0.6 is 0 Å². The second-order valence-electron chi connectivity index (χ2n) is 6.31. The van der Waals surface area contributed by atoms with Crippen molar-refractivity contribution in [3.63, 3.8) is 0 Å². The number of likely N-dealkylation sites (tertiary alicyclic amines) is 2. The second-order valence-corrected chi connectivity index (χ2v) is 6.31. The van der Waals surface area contributed by atoms with E-state index in [-0.39, 0.29) is 24.3 Å². The fraction of sp³-hybridized carbons (Fsp3) is 0.800. The predicted octanol–water partition coefficient (Wildman–Crippen LogP) is 1.10. The van der Waals surface area contributed by atoms with Gasteiger partial charge < -0.3 is 5.11 Å². The lowest BCUT2D eigenvalue weighted by molar-refractivity contribution is -0.149. The zero-order chi connectivity index (χ0) is 15.7. The van der Waals surface area contributed by atoms with Crippen LogP contribution in [0.1, 0.15) is 46.5 Å². The van der Waals surface area contributed by atoms with Gasteiger partial charge >= 0.3 is 5.97 Å². The largest absolute Gasteiger partial charge is 0.480 e. The summed E-state index contributed by atoms with van der Waals surface area (Å²) >= 11 is 0. The number of nitrogens with zero attached hydrogens (tertiary/aromatic N) is 2. The highest BCUT2D eigenvalue weighted by Crippen LogP contribution is 2.31. The van der Waals surface area contributed by atoms with Crippen LogP contribution in [0.25, 0.3) is 0 Å². The van der Waals surface area contributed by atoms with Gasteiger partial charge in [-0.25, -0.2) is 0 Å². The summed E-state index contributed by atoms with van der Waals surface area (Å²) in [5.74, 6) is -0.940. The minimum atomic E-state index is -0.892. The number of carbonyl (C=O) groups excluding carboxylic acids is 2. The van der Waals surface area contributed by atoms with E-state index in [1.165, 1.54) is 4.90 Å². The summed E-state index contributed by atoms with van der Waals surface area (Å²) < 4.78 is 0. The third kappa shape index (κ3) is 2.95. The zero-order valence-corrected chi connectivity index (χ0v) is 12.9. The minimum Gasteiger partial charge on any atom is -0.480 e.